The molecule has 2 saturated heterocycles. The predicted molar refractivity (Wildman–Crippen MR) is 80.2 cm³/mol. The van der Waals surface area contributed by atoms with Gasteiger partial charge in [-0.2, -0.15) is 0 Å². The van der Waals surface area contributed by atoms with Crippen LogP contribution in [-0.4, -0.2) is 57.1 Å². The molecule has 3 heterocycles. The van der Waals surface area contributed by atoms with Crippen LogP contribution in [-0.2, 0) is 4.74 Å². The van der Waals surface area contributed by atoms with Gasteiger partial charge < -0.3 is 9.64 Å². The summed E-state index contributed by atoms with van der Waals surface area (Å²) in [6.45, 7) is 2.57. The van der Waals surface area contributed by atoms with Crippen molar-refractivity contribution in [3.63, 3.8) is 0 Å². The van der Waals surface area contributed by atoms with E-state index in [1.165, 1.54) is 19.0 Å². The number of rotatable bonds is 4. The van der Waals surface area contributed by atoms with E-state index in [9.17, 15) is 4.79 Å². The Morgan fingerprint density at radius 2 is 2.29 bits per heavy atom. The first kappa shape index (κ1) is 13.5. The lowest BCUT2D eigenvalue weighted by Gasteiger charge is -2.47. The van der Waals surface area contributed by atoms with E-state index in [1.807, 2.05) is 16.7 Å². The molecule has 3 aliphatic rings. The van der Waals surface area contributed by atoms with E-state index in [0.29, 0.717) is 11.8 Å². The van der Waals surface area contributed by atoms with Crippen LogP contribution in [0.25, 0.3) is 0 Å². The summed E-state index contributed by atoms with van der Waals surface area (Å²) in [7, 11) is 0. The van der Waals surface area contributed by atoms with E-state index in [1.54, 1.807) is 12.4 Å². The molecule has 0 aromatic carbocycles. The number of carbonyl (C=O) groups is 1. The number of hydrogen-bond acceptors (Lipinski definition) is 5. The molecule has 1 aromatic heterocycles. The van der Waals surface area contributed by atoms with Gasteiger partial charge in [0, 0.05) is 37.8 Å². The predicted octanol–water partition coefficient (Wildman–Crippen LogP) is 1.60. The second kappa shape index (κ2) is 5.25. The van der Waals surface area contributed by atoms with E-state index in [-0.39, 0.29) is 10.7 Å². The average molecular weight is 305 g/mol. The molecule has 1 saturated carbocycles. The van der Waals surface area contributed by atoms with Crippen molar-refractivity contribution in [2.45, 2.75) is 30.1 Å². The van der Waals surface area contributed by atoms with Gasteiger partial charge in [0.1, 0.15) is 5.69 Å². The summed E-state index contributed by atoms with van der Waals surface area (Å²) in [5.74, 6) is 1.89. The Morgan fingerprint density at radius 3 is 3.00 bits per heavy atom. The van der Waals surface area contributed by atoms with Gasteiger partial charge in [-0.25, -0.2) is 4.98 Å². The molecule has 0 unspecified atom stereocenters. The Morgan fingerprint density at radius 1 is 1.43 bits per heavy atom. The molecule has 1 spiro atoms. The average Bonchev–Trinajstić information content (AvgIpc) is 3.22. The van der Waals surface area contributed by atoms with Crippen LogP contribution in [0, 0.1) is 5.92 Å². The van der Waals surface area contributed by atoms with E-state index >= 15 is 0 Å². The highest BCUT2D eigenvalue weighted by Gasteiger charge is 2.51. The minimum Gasteiger partial charge on any atom is -0.377 e. The second-order valence-corrected chi connectivity index (χ2v) is 7.84. The van der Waals surface area contributed by atoms with Gasteiger partial charge in [-0.05, 0) is 25.2 Å². The highest BCUT2D eigenvalue weighted by atomic mass is 32.2. The molecule has 21 heavy (non-hydrogen) atoms. The van der Waals surface area contributed by atoms with Gasteiger partial charge in [0.2, 0.25) is 0 Å². The van der Waals surface area contributed by atoms with Crippen LogP contribution in [0.1, 0.15) is 29.8 Å². The molecule has 1 amide bonds. The van der Waals surface area contributed by atoms with Crippen molar-refractivity contribution >= 4 is 17.7 Å². The molecule has 6 heteroatoms. The fourth-order valence-electron chi connectivity index (χ4n) is 3.05. The molecule has 0 bridgehead atoms. The topological polar surface area (TPSA) is 55.3 Å². The van der Waals surface area contributed by atoms with Crippen LogP contribution in [0.3, 0.4) is 0 Å². The smallest absolute Gasteiger partial charge is 0.274 e. The zero-order chi connectivity index (χ0) is 14.3. The lowest BCUT2D eigenvalue weighted by atomic mass is 9.92. The number of nitrogens with zero attached hydrogens (tertiary/aromatic N) is 3. The first-order valence-electron chi connectivity index (χ1n) is 7.55. The fraction of sp³-hybridized carbons (Fsp3) is 0.667. The number of ether oxygens (including phenoxy) is 1. The van der Waals surface area contributed by atoms with Gasteiger partial charge in [-0.1, -0.05) is 0 Å². The minimum atomic E-state index is -0.00308. The monoisotopic (exact) mass is 305 g/mol. The lowest BCUT2D eigenvalue weighted by Crippen LogP contribution is -2.60. The third kappa shape index (κ3) is 2.79. The molecule has 5 nitrogen and oxygen atoms in total. The van der Waals surface area contributed by atoms with Crippen LogP contribution in [0.4, 0.5) is 0 Å². The van der Waals surface area contributed by atoms with Crippen molar-refractivity contribution in [2.75, 3.05) is 25.4 Å². The van der Waals surface area contributed by atoms with Crippen LogP contribution >= 0.6 is 11.8 Å². The number of amides is 1. The van der Waals surface area contributed by atoms with Crippen molar-refractivity contribution < 1.29 is 9.53 Å². The van der Waals surface area contributed by atoms with Gasteiger partial charge in [0.15, 0.2) is 0 Å². The van der Waals surface area contributed by atoms with Crippen LogP contribution in [0.2, 0.25) is 0 Å². The summed E-state index contributed by atoms with van der Waals surface area (Å²) in [5.41, 5.74) is 0.442. The number of hydrogen-bond donors (Lipinski definition) is 0. The number of likely N-dealkylation sites (tertiary alicyclic amines) is 1. The minimum absolute atomic E-state index is 0.00308. The Hall–Kier alpha value is -1.14. The van der Waals surface area contributed by atoms with E-state index in [2.05, 4.69) is 9.97 Å². The molecular weight excluding hydrogens is 286 g/mol. The van der Waals surface area contributed by atoms with Crippen molar-refractivity contribution in [2.24, 2.45) is 5.92 Å². The van der Waals surface area contributed by atoms with Crippen molar-refractivity contribution in [3.05, 3.63) is 24.3 Å². The fourth-order valence-corrected chi connectivity index (χ4v) is 4.60. The molecular formula is C15H19N3O2S. The summed E-state index contributed by atoms with van der Waals surface area (Å²) < 4.78 is 6.22. The van der Waals surface area contributed by atoms with Gasteiger partial charge in [-0.15, -0.1) is 11.8 Å². The largest absolute Gasteiger partial charge is 0.377 e. The molecule has 1 atom stereocenters. The molecule has 2 aliphatic heterocycles. The first-order valence-corrected chi connectivity index (χ1v) is 8.54. The molecule has 112 valence electrons. The maximum absolute atomic E-state index is 12.3. The van der Waals surface area contributed by atoms with Crippen LogP contribution in [0.15, 0.2) is 18.6 Å². The lowest BCUT2D eigenvalue weighted by molar-refractivity contribution is 0.0284. The Kier molecular flexibility index (Phi) is 3.38. The molecule has 0 N–H and O–H groups in total. The summed E-state index contributed by atoms with van der Waals surface area (Å²) in [6.07, 6.45) is 8.82. The summed E-state index contributed by atoms with van der Waals surface area (Å²) in [5, 5.41) is 0. The Balaban J connectivity index is 1.29. The maximum Gasteiger partial charge on any atom is 0.274 e. The zero-order valence-electron chi connectivity index (χ0n) is 11.9. The summed E-state index contributed by atoms with van der Waals surface area (Å²) in [6, 6.07) is 0. The van der Waals surface area contributed by atoms with Crippen LogP contribution in [0.5, 0.6) is 0 Å². The highest BCUT2D eigenvalue weighted by Crippen LogP contribution is 2.46. The SMILES string of the molecule is O=C(c1cnccn1)N1CC2(C[C@@H](OCC3CC3)CS2)C1. The van der Waals surface area contributed by atoms with E-state index in [4.69, 9.17) is 4.74 Å². The Labute approximate surface area is 128 Å². The first-order chi connectivity index (χ1) is 10.2. The zero-order valence-corrected chi connectivity index (χ0v) is 12.7. The highest BCUT2D eigenvalue weighted by molar-refractivity contribution is 8.01. The second-order valence-electron chi connectivity index (χ2n) is 6.35. The third-order valence-electron chi connectivity index (χ3n) is 4.47. The van der Waals surface area contributed by atoms with Crippen molar-refractivity contribution in [1.82, 2.24) is 14.9 Å². The third-order valence-corrected chi connectivity index (χ3v) is 6.04. The van der Waals surface area contributed by atoms with Gasteiger partial charge in [0.25, 0.3) is 5.91 Å². The molecule has 1 aromatic rings. The molecule has 4 rings (SSSR count). The molecule has 1 aliphatic carbocycles. The van der Waals surface area contributed by atoms with E-state index in [0.717, 1.165) is 37.8 Å². The molecule has 3 fully saturated rings. The Bertz CT molecular complexity index is 529. The van der Waals surface area contributed by atoms with Crippen LogP contribution < -0.4 is 0 Å². The number of thioether (sulfide) groups is 1. The molecule has 0 radical (unpaired) electrons. The van der Waals surface area contributed by atoms with Gasteiger partial charge >= 0.3 is 0 Å². The van der Waals surface area contributed by atoms with Crippen molar-refractivity contribution in [1.29, 1.82) is 0 Å². The number of carbonyl (C=O) groups excluding carboxylic acids is 1. The standard InChI is InChI=1S/C15H19N3O2S/c19-14(13-6-16-3-4-17-13)18-9-15(10-18)5-12(8-21-15)20-7-11-1-2-11/h3-4,6,11-12H,1-2,5,7-10H2/t12-/m1/s1. The number of aromatic nitrogens is 2. The summed E-state index contributed by atoms with van der Waals surface area (Å²) >= 11 is 1.97. The summed E-state index contributed by atoms with van der Waals surface area (Å²) in [4.78, 5) is 22.2. The van der Waals surface area contributed by atoms with Gasteiger partial charge in [-0.3, -0.25) is 9.78 Å². The van der Waals surface area contributed by atoms with Crippen molar-refractivity contribution in [3.8, 4) is 0 Å². The van der Waals surface area contributed by atoms with Gasteiger partial charge in [0.05, 0.1) is 17.0 Å². The van der Waals surface area contributed by atoms with E-state index < -0.39 is 0 Å². The quantitative estimate of drug-likeness (QED) is 0.846. The maximum atomic E-state index is 12.3. The normalized spacial score (nSPS) is 26.9.